The fourth-order valence-electron chi connectivity index (χ4n) is 4.27. The summed E-state index contributed by atoms with van der Waals surface area (Å²) in [5.74, 6) is -1.54. The average Bonchev–Trinajstić information content (AvgIpc) is 3.20. The Morgan fingerprint density at radius 1 is 1.09 bits per heavy atom. The molecule has 9 heteroatoms. The van der Waals surface area contributed by atoms with Crippen molar-refractivity contribution in [2.45, 2.75) is 38.5 Å². The summed E-state index contributed by atoms with van der Waals surface area (Å²) in [4.78, 5) is 52.1. The molecule has 0 aromatic heterocycles. The van der Waals surface area contributed by atoms with Gasteiger partial charge in [-0.2, -0.15) is 0 Å². The molecule has 2 saturated heterocycles. The molecule has 3 atom stereocenters. The van der Waals surface area contributed by atoms with Crippen molar-refractivity contribution >= 4 is 23.6 Å². The second-order valence-electron chi connectivity index (χ2n) is 8.35. The van der Waals surface area contributed by atoms with E-state index in [0.717, 1.165) is 11.1 Å². The van der Waals surface area contributed by atoms with Gasteiger partial charge in [0.25, 0.3) is 5.91 Å². The Kier molecular flexibility index (Phi) is 5.37. The summed E-state index contributed by atoms with van der Waals surface area (Å²) in [7, 11) is 0. The van der Waals surface area contributed by atoms with Crippen LogP contribution in [0.25, 0.3) is 0 Å². The number of hydrogen-bond donors (Lipinski definition) is 1. The van der Waals surface area contributed by atoms with E-state index in [2.05, 4.69) is 5.32 Å². The molecule has 2 aromatic carbocycles. The Bertz CT molecular complexity index is 1220. The monoisotopic (exact) mass is 465 g/mol. The van der Waals surface area contributed by atoms with Crippen LogP contribution >= 0.6 is 0 Å². The van der Waals surface area contributed by atoms with Crippen LogP contribution in [0.2, 0.25) is 0 Å². The molecule has 0 saturated carbocycles. The minimum absolute atomic E-state index is 0.0255. The van der Waals surface area contributed by atoms with Crippen LogP contribution in [0.15, 0.2) is 42.5 Å². The molecule has 1 N–H and O–H groups in total. The molecule has 34 heavy (non-hydrogen) atoms. The molecule has 3 aliphatic heterocycles. The molecule has 0 radical (unpaired) electrons. The van der Waals surface area contributed by atoms with Crippen LogP contribution in [0.4, 0.5) is 0 Å². The van der Waals surface area contributed by atoms with E-state index in [-0.39, 0.29) is 25.7 Å². The van der Waals surface area contributed by atoms with E-state index in [1.54, 1.807) is 23.1 Å². The highest BCUT2D eigenvalue weighted by Crippen LogP contribution is 2.34. The molecule has 3 unspecified atom stereocenters. The van der Waals surface area contributed by atoms with Gasteiger partial charge in [-0.15, -0.1) is 0 Å². The normalized spacial score (nSPS) is 25.6. The van der Waals surface area contributed by atoms with Crippen molar-refractivity contribution in [3.63, 3.8) is 0 Å². The van der Waals surface area contributed by atoms with Crippen LogP contribution in [-0.2, 0) is 38.8 Å². The quantitative estimate of drug-likeness (QED) is 0.647. The number of benzene rings is 2. The number of hydrogen-bond acceptors (Lipinski definition) is 6. The average molecular weight is 466 g/mol. The molecule has 4 amide bonds. The standard InChI is InChI=1S/C25H25N3O6/c29-22-9-8-20(24(31)26-22)28-13-19-18(25(28)32)2-1-3-21(19)34-14-17-6-4-16(5-7-17)12-27-10-11-33-15-23(27)30/h1-7,20H,8-15H2,(H,26,29,31)/i8D,9D. The number of ether oxygens (including phenoxy) is 2. The number of fused-ring (bicyclic) bond motifs is 1. The molecule has 176 valence electrons. The topological polar surface area (TPSA) is 105 Å². The first-order chi connectivity index (χ1) is 17.3. The summed E-state index contributed by atoms with van der Waals surface area (Å²) in [5, 5.41) is 2.09. The summed E-state index contributed by atoms with van der Waals surface area (Å²) < 4.78 is 27.2. The minimum Gasteiger partial charge on any atom is -0.489 e. The van der Waals surface area contributed by atoms with Crippen molar-refractivity contribution in [3.8, 4) is 5.75 Å². The first kappa shape index (κ1) is 19.7. The smallest absolute Gasteiger partial charge is 0.255 e. The highest BCUT2D eigenvalue weighted by molar-refractivity contribution is 6.05. The lowest BCUT2D eigenvalue weighted by Gasteiger charge is -2.29. The number of carbonyl (C=O) groups excluding carboxylic acids is 4. The van der Waals surface area contributed by atoms with Crippen LogP contribution in [0.3, 0.4) is 0 Å². The number of piperidine rings is 1. The Labute approximate surface area is 199 Å². The fourth-order valence-corrected chi connectivity index (χ4v) is 4.27. The lowest BCUT2D eigenvalue weighted by Crippen LogP contribution is -2.52. The molecule has 0 bridgehead atoms. The van der Waals surface area contributed by atoms with Gasteiger partial charge < -0.3 is 19.3 Å². The van der Waals surface area contributed by atoms with Gasteiger partial charge in [-0.1, -0.05) is 30.3 Å². The van der Waals surface area contributed by atoms with E-state index >= 15 is 0 Å². The Balaban J connectivity index is 1.26. The van der Waals surface area contributed by atoms with E-state index in [4.69, 9.17) is 12.2 Å². The van der Waals surface area contributed by atoms with Gasteiger partial charge in [0.15, 0.2) is 0 Å². The Morgan fingerprint density at radius 3 is 2.68 bits per heavy atom. The third kappa shape index (κ3) is 4.38. The van der Waals surface area contributed by atoms with Crippen LogP contribution in [0.1, 0.15) is 42.6 Å². The SMILES string of the molecule is [2H]C1C(=O)NC(=O)C(N2Cc3c(OCc4ccc(CN5CCOCC5=O)cc4)cccc3C2=O)C1[2H]. The third-order valence-electron chi connectivity index (χ3n) is 6.11. The second kappa shape index (κ2) is 9.26. The minimum atomic E-state index is -1.45. The van der Waals surface area contributed by atoms with Crippen molar-refractivity contribution in [2.24, 2.45) is 0 Å². The highest BCUT2D eigenvalue weighted by Gasteiger charge is 2.40. The zero-order valence-corrected chi connectivity index (χ0v) is 18.4. The number of carbonyl (C=O) groups is 4. The van der Waals surface area contributed by atoms with Crippen LogP contribution in [0, 0.1) is 0 Å². The van der Waals surface area contributed by atoms with Crippen molar-refractivity contribution in [1.82, 2.24) is 15.1 Å². The largest absolute Gasteiger partial charge is 0.489 e. The van der Waals surface area contributed by atoms with Gasteiger partial charge in [0, 0.05) is 33.4 Å². The van der Waals surface area contributed by atoms with Gasteiger partial charge in [0.1, 0.15) is 25.0 Å². The van der Waals surface area contributed by atoms with Crippen molar-refractivity contribution in [1.29, 1.82) is 0 Å². The molecular formula is C25H25N3O6. The summed E-state index contributed by atoms with van der Waals surface area (Å²) in [6.07, 6.45) is -2.83. The van der Waals surface area contributed by atoms with Crippen LogP contribution in [-0.4, -0.2) is 59.2 Å². The lowest BCUT2D eigenvalue weighted by molar-refractivity contribution is -0.143. The van der Waals surface area contributed by atoms with E-state index < -0.39 is 36.6 Å². The van der Waals surface area contributed by atoms with Gasteiger partial charge in [0.05, 0.1) is 13.2 Å². The summed E-state index contributed by atoms with van der Waals surface area (Å²) in [6.45, 7) is 2.03. The van der Waals surface area contributed by atoms with Crippen molar-refractivity contribution in [2.75, 3.05) is 19.8 Å². The number of nitrogens with zero attached hydrogens (tertiary/aromatic N) is 2. The second-order valence-corrected chi connectivity index (χ2v) is 8.35. The maximum atomic E-state index is 13.1. The summed E-state index contributed by atoms with van der Waals surface area (Å²) >= 11 is 0. The molecule has 3 heterocycles. The zero-order chi connectivity index (χ0) is 25.4. The predicted molar refractivity (Wildman–Crippen MR) is 119 cm³/mol. The number of imide groups is 1. The maximum absolute atomic E-state index is 13.1. The predicted octanol–water partition coefficient (Wildman–Crippen LogP) is 1.39. The van der Waals surface area contributed by atoms with Gasteiger partial charge in [-0.05, 0) is 29.7 Å². The summed E-state index contributed by atoms with van der Waals surface area (Å²) in [5.41, 5.74) is 2.87. The number of morpholine rings is 1. The van der Waals surface area contributed by atoms with Crippen LogP contribution in [0.5, 0.6) is 5.75 Å². The van der Waals surface area contributed by atoms with Crippen LogP contribution < -0.4 is 10.1 Å². The molecule has 2 fully saturated rings. The van der Waals surface area contributed by atoms with E-state index in [1.165, 1.54) is 4.90 Å². The molecule has 9 nitrogen and oxygen atoms in total. The highest BCUT2D eigenvalue weighted by atomic mass is 16.5. The van der Waals surface area contributed by atoms with Gasteiger partial charge in [-0.25, -0.2) is 0 Å². The maximum Gasteiger partial charge on any atom is 0.255 e. The Hall–Kier alpha value is -3.72. The Morgan fingerprint density at radius 2 is 1.88 bits per heavy atom. The molecular weight excluding hydrogens is 438 g/mol. The third-order valence-corrected chi connectivity index (χ3v) is 6.11. The molecule has 5 rings (SSSR count). The van der Waals surface area contributed by atoms with Gasteiger partial charge >= 0.3 is 0 Å². The molecule has 3 aliphatic rings. The number of amides is 4. The van der Waals surface area contributed by atoms with Gasteiger partial charge in [-0.3, -0.25) is 24.5 Å². The molecule has 0 spiro atoms. The van der Waals surface area contributed by atoms with E-state index in [9.17, 15) is 19.2 Å². The fraction of sp³-hybridized carbons (Fsp3) is 0.360. The first-order valence-corrected chi connectivity index (χ1v) is 11.0. The summed E-state index contributed by atoms with van der Waals surface area (Å²) in [6, 6.07) is 11.6. The van der Waals surface area contributed by atoms with E-state index in [0.29, 0.717) is 36.6 Å². The van der Waals surface area contributed by atoms with E-state index in [1.807, 2.05) is 24.3 Å². The van der Waals surface area contributed by atoms with Crippen molar-refractivity contribution in [3.05, 3.63) is 64.7 Å². The van der Waals surface area contributed by atoms with Crippen molar-refractivity contribution < 1.29 is 31.4 Å². The lowest BCUT2D eigenvalue weighted by atomic mass is 10.0. The number of rotatable bonds is 6. The number of nitrogens with one attached hydrogen (secondary N) is 1. The van der Waals surface area contributed by atoms with Gasteiger partial charge in [0.2, 0.25) is 17.7 Å². The molecule has 2 aromatic rings. The molecule has 0 aliphatic carbocycles. The first-order valence-electron chi connectivity index (χ1n) is 12.2. The zero-order valence-electron chi connectivity index (χ0n) is 20.4.